The number of aryl methyl sites for hydroxylation is 1. The minimum absolute atomic E-state index is 0.653. The molecule has 0 spiro atoms. The predicted molar refractivity (Wildman–Crippen MR) is 116 cm³/mol. The van der Waals surface area contributed by atoms with Crippen molar-refractivity contribution in [1.82, 2.24) is 25.1 Å². The summed E-state index contributed by atoms with van der Waals surface area (Å²) in [6.07, 6.45) is 4.66. The molecule has 3 aromatic heterocycles. The summed E-state index contributed by atoms with van der Waals surface area (Å²) in [6.45, 7) is 2.75. The molecule has 0 unspecified atom stereocenters. The lowest BCUT2D eigenvalue weighted by atomic mass is 10.00. The zero-order valence-corrected chi connectivity index (χ0v) is 17.1. The lowest BCUT2D eigenvalue weighted by Gasteiger charge is -2.13. The Balaban J connectivity index is 1.73. The molecule has 1 aliphatic rings. The van der Waals surface area contributed by atoms with E-state index in [2.05, 4.69) is 27.1 Å². The van der Waals surface area contributed by atoms with Crippen molar-refractivity contribution in [3.05, 3.63) is 54.5 Å². The predicted octanol–water partition coefficient (Wildman–Crippen LogP) is 3.67. The number of nitrogens with one attached hydrogen (secondary N) is 1. The quantitative estimate of drug-likeness (QED) is 0.562. The number of aromatic nitrogens is 4. The summed E-state index contributed by atoms with van der Waals surface area (Å²) in [5, 5.41) is 9.28. The molecular formula is C23H23N5O2. The lowest BCUT2D eigenvalue weighted by Crippen LogP contribution is -2.11. The van der Waals surface area contributed by atoms with Crippen LogP contribution in [0, 0.1) is 0 Å². The minimum atomic E-state index is 0.653. The van der Waals surface area contributed by atoms with Gasteiger partial charge < -0.3 is 14.8 Å². The number of hydrogen-bond donors (Lipinski definition) is 1. The van der Waals surface area contributed by atoms with Crippen molar-refractivity contribution in [3.63, 3.8) is 0 Å². The van der Waals surface area contributed by atoms with Gasteiger partial charge in [0.1, 0.15) is 5.69 Å². The van der Waals surface area contributed by atoms with E-state index >= 15 is 0 Å². The Morgan fingerprint density at radius 1 is 0.967 bits per heavy atom. The standard InChI is InChI=1S/C23H23N5O2/c1-29-22-12-18-17(15-4-7-24-8-5-15)11-20(26-19(18)13-23(22)30-2)21-10-16-14-25-6-3-9-28(16)27-21/h4-5,7-8,10-13,25H,3,6,9,14H2,1-2H3. The third-order valence-electron chi connectivity index (χ3n) is 5.46. The molecule has 7 heteroatoms. The monoisotopic (exact) mass is 401 g/mol. The van der Waals surface area contributed by atoms with Crippen LogP contribution in [0.4, 0.5) is 0 Å². The van der Waals surface area contributed by atoms with Crippen LogP contribution in [0.5, 0.6) is 11.5 Å². The Kier molecular flexibility index (Phi) is 4.80. The molecule has 0 radical (unpaired) electrons. The highest BCUT2D eigenvalue weighted by Crippen LogP contribution is 2.38. The van der Waals surface area contributed by atoms with Crippen LogP contribution in [-0.2, 0) is 13.1 Å². The van der Waals surface area contributed by atoms with E-state index in [0.717, 1.165) is 59.5 Å². The van der Waals surface area contributed by atoms with Crippen molar-refractivity contribution < 1.29 is 9.47 Å². The number of fused-ring (bicyclic) bond motifs is 2. The minimum Gasteiger partial charge on any atom is -0.493 e. The molecule has 0 saturated heterocycles. The van der Waals surface area contributed by atoms with Crippen LogP contribution in [0.1, 0.15) is 12.1 Å². The molecule has 1 N–H and O–H groups in total. The van der Waals surface area contributed by atoms with Crippen LogP contribution in [-0.4, -0.2) is 40.5 Å². The van der Waals surface area contributed by atoms with Crippen LogP contribution in [0.3, 0.4) is 0 Å². The first-order chi connectivity index (χ1) is 14.8. The van der Waals surface area contributed by atoms with E-state index in [1.54, 1.807) is 26.6 Å². The maximum atomic E-state index is 5.53. The van der Waals surface area contributed by atoms with Gasteiger partial charge in [-0.2, -0.15) is 5.10 Å². The Labute approximate surface area is 174 Å². The van der Waals surface area contributed by atoms with Gasteiger partial charge in [0.05, 0.1) is 31.1 Å². The number of nitrogens with zero attached hydrogens (tertiary/aromatic N) is 4. The van der Waals surface area contributed by atoms with Gasteiger partial charge in [-0.25, -0.2) is 4.98 Å². The van der Waals surface area contributed by atoms with E-state index in [4.69, 9.17) is 19.6 Å². The number of benzene rings is 1. The zero-order chi connectivity index (χ0) is 20.5. The van der Waals surface area contributed by atoms with Gasteiger partial charge in [-0.05, 0) is 54.4 Å². The van der Waals surface area contributed by atoms with E-state index in [1.807, 2.05) is 24.3 Å². The second-order valence-corrected chi connectivity index (χ2v) is 7.29. The number of ether oxygens (including phenoxy) is 2. The van der Waals surface area contributed by atoms with Crippen LogP contribution < -0.4 is 14.8 Å². The molecule has 7 nitrogen and oxygen atoms in total. The van der Waals surface area contributed by atoms with Crippen molar-refractivity contribution in [2.45, 2.75) is 19.5 Å². The van der Waals surface area contributed by atoms with Gasteiger partial charge >= 0.3 is 0 Å². The maximum absolute atomic E-state index is 5.53. The first kappa shape index (κ1) is 18.6. The summed E-state index contributed by atoms with van der Waals surface area (Å²) in [5.41, 5.74) is 5.84. The van der Waals surface area contributed by atoms with Crippen LogP contribution in [0.2, 0.25) is 0 Å². The topological polar surface area (TPSA) is 74.1 Å². The Morgan fingerprint density at radius 2 is 1.77 bits per heavy atom. The molecule has 30 heavy (non-hydrogen) atoms. The van der Waals surface area contributed by atoms with Crippen molar-refractivity contribution >= 4 is 10.9 Å². The Hall–Kier alpha value is -3.45. The maximum Gasteiger partial charge on any atom is 0.162 e. The summed E-state index contributed by atoms with van der Waals surface area (Å²) in [5.74, 6) is 1.33. The molecule has 4 aromatic rings. The summed E-state index contributed by atoms with van der Waals surface area (Å²) >= 11 is 0. The molecule has 1 aromatic carbocycles. The Bertz CT molecular complexity index is 1180. The third kappa shape index (κ3) is 3.27. The van der Waals surface area contributed by atoms with Crippen LogP contribution in [0.25, 0.3) is 33.4 Å². The molecule has 152 valence electrons. The highest BCUT2D eigenvalue weighted by molar-refractivity contribution is 5.98. The van der Waals surface area contributed by atoms with Gasteiger partial charge in [0, 0.05) is 36.9 Å². The van der Waals surface area contributed by atoms with Gasteiger partial charge in [-0.15, -0.1) is 0 Å². The largest absolute Gasteiger partial charge is 0.493 e. The van der Waals surface area contributed by atoms with Gasteiger partial charge in [0.15, 0.2) is 11.5 Å². The molecule has 0 bridgehead atoms. The van der Waals surface area contributed by atoms with Crippen LogP contribution >= 0.6 is 0 Å². The van der Waals surface area contributed by atoms with E-state index in [-0.39, 0.29) is 0 Å². The normalized spacial score (nSPS) is 13.7. The van der Waals surface area contributed by atoms with E-state index in [1.165, 1.54) is 5.69 Å². The molecule has 0 amide bonds. The number of rotatable bonds is 4. The highest BCUT2D eigenvalue weighted by Gasteiger charge is 2.17. The average molecular weight is 401 g/mol. The SMILES string of the molecule is COc1cc2nc(-c3cc4n(n3)CCCNC4)cc(-c3ccncc3)c2cc1OC. The molecule has 4 heterocycles. The second kappa shape index (κ2) is 7.76. The van der Waals surface area contributed by atoms with Gasteiger partial charge in [0.2, 0.25) is 0 Å². The summed E-state index contributed by atoms with van der Waals surface area (Å²) in [4.78, 5) is 9.10. The molecule has 0 saturated carbocycles. The average Bonchev–Trinajstić information content (AvgIpc) is 3.08. The van der Waals surface area contributed by atoms with E-state index in [9.17, 15) is 0 Å². The number of pyridine rings is 2. The molecule has 5 rings (SSSR count). The third-order valence-corrected chi connectivity index (χ3v) is 5.46. The zero-order valence-electron chi connectivity index (χ0n) is 17.1. The van der Waals surface area contributed by atoms with Gasteiger partial charge in [0.25, 0.3) is 0 Å². The van der Waals surface area contributed by atoms with Gasteiger partial charge in [-0.1, -0.05) is 0 Å². The smallest absolute Gasteiger partial charge is 0.162 e. The highest BCUT2D eigenvalue weighted by atomic mass is 16.5. The second-order valence-electron chi connectivity index (χ2n) is 7.29. The molecular weight excluding hydrogens is 378 g/mol. The van der Waals surface area contributed by atoms with Crippen molar-refractivity contribution in [2.24, 2.45) is 0 Å². The van der Waals surface area contributed by atoms with Crippen LogP contribution in [0.15, 0.2) is 48.8 Å². The number of methoxy groups -OCH3 is 2. The first-order valence-corrected chi connectivity index (χ1v) is 10.0. The summed E-state index contributed by atoms with van der Waals surface area (Å²) in [7, 11) is 3.28. The molecule has 0 fully saturated rings. The van der Waals surface area contributed by atoms with E-state index < -0.39 is 0 Å². The summed E-state index contributed by atoms with van der Waals surface area (Å²) < 4.78 is 13.1. The van der Waals surface area contributed by atoms with Crippen molar-refractivity contribution in [2.75, 3.05) is 20.8 Å². The molecule has 0 aliphatic carbocycles. The van der Waals surface area contributed by atoms with Gasteiger partial charge in [-0.3, -0.25) is 9.67 Å². The molecule has 1 aliphatic heterocycles. The fourth-order valence-corrected chi connectivity index (χ4v) is 3.94. The van der Waals surface area contributed by atoms with Crippen molar-refractivity contribution in [3.8, 4) is 34.0 Å². The lowest BCUT2D eigenvalue weighted by molar-refractivity contribution is 0.356. The first-order valence-electron chi connectivity index (χ1n) is 10.0. The summed E-state index contributed by atoms with van der Waals surface area (Å²) in [6, 6.07) is 12.1. The van der Waals surface area contributed by atoms with Crippen molar-refractivity contribution in [1.29, 1.82) is 0 Å². The molecule has 0 atom stereocenters. The fraction of sp³-hybridized carbons (Fsp3) is 0.261. The number of hydrogen-bond acceptors (Lipinski definition) is 6. The Morgan fingerprint density at radius 3 is 2.57 bits per heavy atom. The van der Waals surface area contributed by atoms with E-state index in [0.29, 0.717) is 11.5 Å². The fourth-order valence-electron chi connectivity index (χ4n) is 3.94.